The Hall–Kier alpha value is -4.75. The van der Waals surface area contributed by atoms with E-state index in [9.17, 15) is 41.1 Å². The van der Waals surface area contributed by atoms with Crippen LogP contribution in [0.2, 0.25) is 0 Å². The molecule has 4 heterocycles. The topological polar surface area (TPSA) is 185 Å². The summed E-state index contributed by atoms with van der Waals surface area (Å²) in [5, 5.41) is 13.0. The van der Waals surface area contributed by atoms with Gasteiger partial charge in [0.15, 0.2) is 5.75 Å². The molecule has 1 spiro atoms. The molecule has 20 heteroatoms. The molecule has 5 atom stereocenters. The fourth-order valence-electron chi connectivity index (χ4n) is 9.15. The summed E-state index contributed by atoms with van der Waals surface area (Å²) in [6.07, 6.45) is -4.26. The number of carboxylic acid groups (broad SMARTS) is 1. The van der Waals surface area contributed by atoms with Crippen molar-refractivity contribution in [3.63, 3.8) is 0 Å². The van der Waals surface area contributed by atoms with Gasteiger partial charge in [-0.2, -0.15) is 13.2 Å². The number of allylic oxidation sites excluding steroid dienone is 1. The smallest absolute Gasteiger partial charge is 0.411 e. The molecule has 0 unspecified atom stereocenters. The number of alkyl halides is 5. The average Bonchev–Trinajstić information content (AvgIpc) is 4.06. The van der Waals surface area contributed by atoms with E-state index in [0.29, 0.717) is 46.0 Å². The van der Waals surface area contributed by atoms with Crippen molar-refractivity contribution in [1.29, 1.82) is 0 Å². The first-order chi connectivity index (χ1) is 28.7. The zero-order valence-corrected chi connectivity index (χ0v) is 36.1. The Morgan fingerprint density at radius 2 is 1.81 bits per heavy atom. The highest BCUT2D eigenvalue weighted by molar-refractivity contribution is 7.91. The fourth-order valence-corrected chi connectivity index (χ4v) is 10.5. The van der Waals surface area contributed by atoms with Crippen LogP contribution in [0.25, 0.3) is 10.9 Å². The van der Waals surface area contributed by atoms with E-state index in [1.54, 1.807) is 32.1 Å². The zero-order valence-electron chi connectivity index (χ0n) is 35.3. The number of benzene rings is 1. The molecule has 4 amide bonds. The number of aromatic nitrogens is 1. The Bertz CT molecular complexity index is 2340. The van der Waals surface area contributed by atoms with Gasteiger partial charge in [-0.25, -0.2) is 27.0 Å². The molecule has 0 radical (unpaired) electrons. The summed E-state index contributed by atoms with van der Waals surface area (Å²) in [5.74, 6) is -8.39. The third-order valence-corrected chi connectivity index (χ3v) is 15.5. The largest absolute Gasteiger partial charge is 0.497 e. The third-order valence-electron chi connectivity index (χ3n) is 13.3. The number of ether oxygens (including phenoxy) is 2. The maximum Gasteiger partial charge on any atom is 0.411 e. The number of nitrogens with zero attached hydrogens (tertiary/aromatic N) is 3. The van der Waals surface area contributed by atoms with Crippen molar-refractivity contribution in [2.75, 3.05) is 13.7 Å². The number of hydrogen-bond acceptors (Lipinski definition) is 9. The number of amides is 4. The van der Waals surface area contributed by atoms with Crippen LogP contribution >= 0.6 is 0 Å². The van der Waals surface area contributed by atoms with Crippen LogP contribution in [-0.2, 0) is 30.3 Å². The minimum absolute atomic E-state index is 0.00834. The normalized spacial score (nSPS) is 29.0. The second-order valence-corrected chi connectivity index (χ2v) is 20.7. The standard InChI is InChI=1S/C42H52F5N5O9S/c1-23(2)31-32-30(26-18-25(60-6)14-15-27(26)48-31)41(43,44)21-39(61-32)20-29-33(53)49-40(35(55)50-62(58,59)38(5)16-17-38)19-24(40)12-10-8-7-9-11-13-28(34(54)51(29)22-39)52(36(56)57)37(3,4)42(45,46)47/h10,12,14-15,18,23-24,28-29H,7-9,11,13,16-17,19-22H2,1-6H3,(H,49,53)(H,50,55)(H,56,57)/b12-10-/t24-,28+,29+,39+,40-/m1/s1. The Morgan fingerprint density at radius 1 is 1.11 bits per heavy atom. The minimum Gasteiger partial charge on any atom is -0.497 e. The summed E-state index contributed by atoms with van der Waals surface area (Å²) in [5.41, 5.74) is -7.26. The lowest BCUT2D eigenvalue weighted by Gasteiger charge is -2.44. The molecule has 0 bridgehead atoms. The zero-order chi connectivity index (χ0) is 45.6. The van der Waals surface area contributed by atoms with E-state index in [4.69, 9.17) is 9.47 Å². The molecule has 1 saturated heterocycles. The lowest BCUT2D eigenvalue weighted by Crippen LogP contribution is -2.65. The number of rotatable bonds is 7. The number of pyridine rings is 1. The second kappa shape index (κ2) is 15.2. The molecule has 5 aliphatic rings. The SMILES string of the molecule is COc1ccc2nc(C(C)C)c3c(c2c1)C(F)(F)C[C@]1(C[C@H]2C(=O)N[C@]4(C(=O)NS(=O)(=O)C5(C)CC5)C[C@H]4/C=C\CCCCC[C@H](N(C(=O)O)C(C)(C)C(F)(F)F)C(=O)N2C1)O3. The summed E-state index contributed by atoms with van der Waals surface area (Å²) in [7, 11) is -2.85. The molecule has 14 nitrogen and oxygen atoms in total. The number of methoxy groups -OCH3 is 1. The molecular weight excluding hydrogens is 846 g/mol. The number of fused-ring (bicyclic) bond motifs is 5. The highest BCUT2D eigenvalue weighted by Crippen LogP contribution is 2.56. The van der Waals surface area contributed by atoms with Gasteiger partial charge in [0.25, 0.3) is 11.8 Å². The number of carbonyl (C=O) groups is 4. The third kappa shape index (κ3) is 7.71. The van der Waals surface area contributed by atoms with Gasteiger partial charge in [0.2, 0.25) is 21.8 Å². The molecule has 2 saturated carbocycles. The summed E-state index contributed by atoms with van der Waals surface area (Å²) < 4.78 is 118. The second-order valence-electron chi connectivity index (χ2n) is 18.5. The highest BCUT2D eigenvalue weighted by Gasteiger charge is 2.66. The molecular formula is C42H52F5N5O9S. The number of carbonyl (C=O) groups excluding carboxylic acids is 3. The fraction of sp³-hybridized carbons (Fsp3) is 0.643. The van der Waals surface area contributed by atoms with E-state index in [1.165, 1.54) is 26.2 Å². The van der Waals surface area contributed by atoms with E-state index in [0.717, 1.165) is 4.90 Å². The minimum atomic E-state index is -5.18. The first kappa shape index (κ1) is 45.3. The van der Waals surface area contributed by atoms with Crippen molar-refractivity contribution < 1.29 is 64.1 Å². The highest BCUT2D eigenvalue weighted by atomic mass is 32.2. The van der Waals surface area contributed by atoms with E-state index in [2.05, 4.69) is 15.0 Å². The van der Waals surface area contributed by atoms with Crippen LogP contribution in [0, 0.1) is 5.92 Å². The van der Waals surface area contributed by atoms with Crippen molar-refractivity contribution >= 4 is 44.7 Å². The van der Waals surface area contributed by atoms with Gasteiger partial charge in [-0.3, -0.25) is 24.0 Å². The van der Waals surface area contributed by atoms with Crippen LogP contribution in [-0.4, -0.2) is 105 Å². The van der Waals surface area contributed by atoms with Gasteiger partial charge >= 0.3 is 12.3 Å². The molecule has 3 aliphatic heterocycles. The van der Waals surface area contributed by atoms with Gasteiger partial charge < -0.3 is 24.8 Å². The maximum atomic E-state index is 17.1. The van der Waals surface area contributed by atoms with E-state index in [1.807, 2.05) is 0 Å². The predicted molar refractivity (Wildman–Crippen MR) is 214 cm³/mol. The van der Waals surface area contributed by atoms with E-state index >= 15 is 13.6 Å². The van der Waals surface area contributed by atoms with Crippen molar-refractivity contribution in [1.82, 2.24) is 24.8 Å². The Kier molecular flexibility index (Phi) is 11.1. The quantitative estimate of drug-likeness (QED) is 0.201. The van der Waals surface area contributed by atoms with Gasteiger partial charge in [0.05, 0.1) is 41.6 Å². The van der Waals surface area contributed by atoms with E-state index in [-0.39, 0.29) is 45.8 Å². The van der Waals surface area contributed by atoms with Crippen LogP contribution < -0.4 is 19.5 Å². The van der Waals surface area contributed by atoms with Gasteiger partial charge in [-0.1, -0.05) is 38.8 Å². The summed E-state index contributed by atoms with van der Waals surface area (Å²) in [6.45, 7) is 5.31. The Morgan fingerprint density at radius 3 is 2.42 bits per heavy atom. The first-order valence-corrected chi connectivity index (χ1v) is 22.3. The number of hydrogen-bond donors (Lipinski definition) is 3. The van der Waals surface area contributed by atoms with Crippen LogP contribution in [0.4, 0.5) is 26.7 Å². The summed E-state index contributed by atoms with van der Waals surface area (Å²) in [4.78, 5) is 62.1. The molecule has 3 fully saturated rings. The molecule has 2 aliphatic carbocycles. The molecule has 1 aromatic carbocycles. The van der Waals surface area contributed by atoms with Gasteiger partial charge in [-0.15, -0.1) is 0 Å². The van der Waals surface area contributed by atoms with E-state index < -0.39 is 123 Å². The van der Waals surface area contributed by atoms with Crippen LogP contribution in [0.1, 0.15) is 116 Å². The Labute approximate surface area is 356 Å². The summed E-state index contributed by atoms with van der Waals surface area (Å²) in [6, 6.07) is 0.619. The lowest BCUT2D eigenvalue weighted by atomic mass is 9.83. The number of nitrogens with one attached hydrogen (secondary N) is 2. The van der Waals surface area contributed by atoms with Gasteiger partial charge in [-0.05, 0) is 83.4 Å². The van der Waals surface area contributed by atoms with Crippen molar-refractivity contribution in [3.8, 4) is 11.5 Å². The Balaban J connectivity index is 1.36. The monoisotopic (exact) mass is 897 g/mol. The van der Waals surface area contributed by atoms with Crippen molar-refractivity contribution in [2.45, 2.75) is 150 Å². The summed E-state index contributed by atoms with van der Waals surface area (Å²) >= 11 is 0. The molecule has 340 valence electrons. The van der Waals surface area contributed by atoms with Gasteiger partial charge in [0, 0.05) is 17.7 Å². The molecule has 1 aromatic heterocycles. The maximum absolute atomic E-state index is 17.1. The van der Waals surface area contributed by atoms with Crippen molar-refractivity contribution in [2.24, 2.45) is 5.92 Å². The number of halogens is 5. The lowest BCUT2D eigenvalue weighted by molar-refractivity contribution is -0.220. The molecule has 62 heavy (non-hydrogen) atoms. The first-order valence-electron chi connectivity index (χ1n) is 20.8. The molecule has 7 rings (SSSR count). The van der Waals surface area contributed by atoms with Gasteiger partial charge in [0.1, 0.15) is 34.5 Å². The van der Waals surface area contributed by atoms with Crippen molar-refractivity contribution in [3.05, 3.63) is 41.6 Å². The number of sulfonamides is 1. The molecule has 2 aromatic rings. The van der Waals surface area contributed by atoms with Crippen LogP contribution in [0.15, 0.2) is 30.4 Å². The predicted octanol–water partition coefficient (Wildman–Crippen LogP) is 6.66. The average molecular weight is 898 g/mol. The van der Waals surface area contributed by atoms with Crippen LogP contribution in [0.3, 0.4) is 0 Å². The molecule has 3 N–H and O–H groups in total. The van der Waals surface area contributed by atoms with Crippen LogP contribution in [0.5, 0.6) is 11.5 Å².